The third-order valence-electron chi connectivity index (χ3n) is 3.00. The van der Waals surface area contributed by atoms with Crippen molar-refractivity contribution in [2.45, 2.75) is 31.8 Å². The summed E-state index contributed by atoms with van der Waals surface area (Å²) in [6, 6.07) is 1.08. The van der Waals surface area contributed by atoms with Gasteiger partial charge in [0.25, 0.3) is 0 Å². The third-order valence-corrected chi connectivity index (χ3v) is 3.89. The molecule has 0 spiro atoms. The van der Waals surface area contributed by atoms with Crippen LogP contribution in [-0.2, 0) is 0 Å². The number of nitrogens with one attached hydrogen (secondary N) is 1. The minimum absolute atomic E-state index is 0.470. The van der Waals surface area contributed by atoms with Crippen LogP contribution < -0.4 is 5.32 Å². The van der Waals surface area contributed by atoms with Gasteiger partial charge in [-0.05, 0) is 26.8 Å². The molecule has 0 amide bonds. The lowest BCUT2D eigenvalue weighted by Crippen LogP contribution is -2.42. The smallest absolute Gasteiger partial charge is 0.186 e. The minimum atomic E-state index is 0.470. The zero-order valence-electron chi connectivity index (χ0n) is 8.90. The Balaban J connectivity index is 1.94. The number of halogens is 1. The third kappa shape index (κ3) is 2.59. The van der Waals surface area contributed by atoms with E-state index in [0.29, 0.717) is 17.2 Å². The highest BCUT2D eigenvalue weighted by Crippen LogP contribution is 2.23. The molecule has 6 heteroatoms. The van der Waals surface area contributed by atoms with E-state index < -0.39 is 0 Å². The van der Waals surface area contributed by atoms with Crippen molar-refractivity contribution in [1.82, 2.24) is 13.6 Å². The normalized spacial score (nSPS) is 27.9. The Kier molecular flexibility index (Phi) is 3.43. The van der Waals surface area contributed by atoms with Gasteiger partial charge in [0.2, 0.25) is 0 Å². The average Bonchev–Trinajstić information content (AvgIpc) is 2.59. The van der Waals surface area contributed by atoms with Crippen molar-refractivity contribution >= 4 is 29.1 Å². The van der Waals surface area contributed by atoms with Crippen molar-refractivity contribution < 1.29 is 0 Å². The summed E-state index contributed by atoms with van der Waals surface area (Å²) in [5, 5.41) is 3.85. The maximum atomic E-state index is 5.89. The fourth-order valence-electron chi connectivity index (χ4n) is 1.88. The van der Waals surface area contributed by atoms with E-state index in [2.05, 4.69) is 32.9 Å². The number of likely N-dealkylation sites (tertiary alicyclic amines) is 1. The maximum Gasteiger partial charge on any atom is 0.186 e. The largest absolute Gasteiger partial charge is 0.364 e. The van der Waals surface area contributed by atoms with E-state index in [1.165, 1.54) is 0 Å². The minimum Gasteiger partial charge on any atom is -0.364 e. The van der Waals surface area contributed by atoms with Crippen LogP contribution in [-0.4, -0.2) is 39.3 Å². The van der Waals surface area contributed by atoms with Gasteiger partial charge in [-0.3, -0.25) is 0 Å². The fraction of sp³-hybridized carbons (Fsp3) is 0.778. The predicted octanol–water partition coefficient (Wildman–Crippen LogP) is 2.09. The molecule has 1 aliphatic rings. The van der Waals surface area contributed by atoms with Crippen LogP contribution in [0.1, 0.15) is 19.8 Å². The summed E-state index contributed by atoms with van der Waals surface area (Å²) in [4.78, 5) is 2.37. The number of piperidine rings is 1. The highest BCUT2D eigenvalue weighted by molar-refractivity contribution is 6.99. The number of hydrogen-bond acceptors (Lipinski definition) is 5. The summed E-state index contributed by atoms with van der Waals surface area (Å²) in [6.45, 7) is 3.36. The van der Waals surface area contributed by atoms with Gasteiger partial charge in [-0.1, -0.05) is 11.6 Å². The quantitative estimate of drug-likeness (QED) is 0.868. The summed E-state index contributed by atoms with van der Waals surface area (Å²) in [5.74, 6) is 0.739. The Hall–Kier alpha value is -0.390. The number of aromatic nitrogens is 2. The van der Waals surface area contributed by atoms with Gasteiger partial charge in [0.05, 0.1) is 11.7 Å². The Morgan fingerprint density at radius 2 is 2.33 bits per heavy atom. The Bertz CT molecular complexity index is 330. The molecule has 0 saturated carbocycles. The van der Waals surface area contributed by atoms with Gasteiger partial charge in [0.15, 0.2) is 11.0 Å². The van der Waals surface area contributed by atoms with Gasteiger partial charge in [-0.25, -0.2) is 0 Å². The van der Waals surface area contributed by atoms with Crippen LogP contribution in [0.3, 0.4) is 0 Å². The molecule has 0 bridgehead atoms. The highest BCUT2D eigenvalue weighted by Gasteiger charge is 2.23. The standard InChI is InChI=1S/C9H15ClN4S/c1-6-5-7(3-4-14(6)2)11-9-8(10)12-15-13-9/h6-7H,3-5H2,1-2H3,(H,11,13). The lowest BCUT2D eigenvalue weighted by Gasteiger charge is -2.35. The zero-order valence-corrected chi connectivity index (χ0v) is 10.5. The summed E-state index contributed by atoms with van der Waals surface area (Å²) >= 11 is 7.04. The first-order valence-corrected chi connectivity index (χ1v) is 6.22. The van der Waals surface area contributed by atoms with Crippen LogP contribution in [0, 0.1) is 0 Å². The number of rotatable bonds is 2. The topological polar surface area (TPSA) is 41.1 Å². The SMILES string of the molecule is CC1CC(Nc2nsnc2Cl)CCN1C. The molecule has 2 unspecified atom stereocenters. The molecule has 1 aliphatic heterocycles. The van der Waals surface area contributed by atoms with Gasteiger partial charge in [-0.2, -0.15) is 8.75 Å². The van der Waals surface area contributed by atoms with Gasteiger partial charge < -0.3 is 10.2 Å². The van der Waals surface area contributed by atoms with E-state index in [1.54, 1.807) is 0 Å². The maximum absolute atomic E-state index is 5.89. The molecule has 4 nitrogen and oxygen atoms in total. The van der Waals surface area contributed by atoms with Crippen molar-refractivity contribution in [2.24, 2.45) is 0 Å². The van der Waals surface area contributed by atoms with Crippen LogP contribution in [0.15, 0.2) is 0 Å². The first kappa shape index (κ1) is 11.1. The lowest BCUT2D eigenvalue weighted by atomic mass is 9.99. The van der Waals surface area contributed by atoms with Gasteiger partial charge in [-0.15, -0.1) is 0 Å². The first-order valence-electron chi connectivity index (χ1n) is 5.11. The molecule has 0 aromatic carbocycles. The lowest BCUT2D eigenvalue weighted by molar-refractivity contribution is 0.190. The van der Waals surface area contributed by atoms with Gasteiger partial charge in [0, 0.05) is 18.6 Å². The molecule has 84 valence electrons. The molecule has 15 heavy (non-hydrogen) atoms. The first-order chi connectivity index (χ1) is 7.16. The molecule has 0 aliphatic carbocycles. The van der Waals surface area contributed by atoms with Crippen LogP contribution in [0.25, 0.3) is 0 Å². The fourth-order valence-corrected chi connectivity index (χ4v) is 2.54. The van der Waals surface area contributed by atoms with E-state index in [9.17, 15) is 0 Å². The molecular weight excluding hydrogens is 232 g/mol. The molecule has 2 heterocycles. The van der Waals surface area contributed by atoms with E-state index >= 15 is 0 Å². The summed E-state index contributed by atoms with van der Waals surface area (Å²) in [7, 11) is 2.16. The molecule has 1 saturated heterocycles. The molecule has 1 N–H and O–H groups in total. The molecular formula is C9H15ClN4S. The summed E-state index contributed by atoms with van der Waals surface area (Å²) < 4.78 is 8.07. The van der Waals surface area contributed by atoms with Crippen LogP contribution >= 0.6 is 23.3 Å². The summed E-state index contributed by atoms with van der Waals surface area (Å²) in [6.07, 6.45) is 2.26. The molecule has 1 fully saturated rings. The molecule has 0 radical (unpaired) electrons. The van der Waals surface area contributed by atoms with Gasteiger partial charge >= 0.3 is 0 Å². The molecule has 2 atom stereocenters. The van der Waals surface area contributed by atoms with Crippen molar-refractivity contribution in [3.05, 3.63) is 5.15 Å². The second-order valence-electron chi connectivity index (χ2n) is 4.10. The van der Waals surface area contributed by atoms with Crippen molar-refractivity contribution in [1.29, 1.82) is 0 Å². The average molecular weight is 247 g/mol. The number of nitrogens with zero attached hydrogens (tertiary/aromatic N) is 3. The van der Waals surface area contributed by atoms with Crippen molar-refractivity contribution in [3.8, 4) is 0 Å². The van der Waals surface area contributed by atoms with Crippen molar-refractivity contribution in [2.75, 3.05) is 18.9 Å². The Morgan fingerprint density at radius 3 is 2.93 bits per heavy atom. The van der Waals surface area contributed by atoms with E-state index in [0.717, 1.165) is 36.9 Å². The predicted molar refractivity (Wildman–Crippen MR) is 63.7 cm³/mol. The Morgan fingerprint density at radius 1 is 1.53 bits per heavy atom. The monoisotopic (exact) mass is 246 g/mol. The van der Waals surface area contributed by atoms with Crippen molar-refractivity contribution in [3.63, 3.8) is 0 Å². The van der Waals surface area contributed by atoms with E-state index in [4.69, 9.17) is 11.6 Å². The number of hydrogen-bond donors (Lipinski definition) is 1. The molecule has 1 aromatic heterocycles. The highest BCUT2D eigenvalue weighted by atomic mass is 35.5. The van der Waals surface area contributed by atoms with E-state index in [1.807, 2.05) is 0 Å². The second kappa shape index (κ2) is 4.63. The van der Waals surface area contributed by atoms with Crippen LogP contribution in [0.4, 0.5) is 5.82 Å². The Labute approximate surface area is 99.0 Å². The van der Waals surface area contributed by atoms with Crippen LogP contribution in [0.2, 0.25) is 5.15 Å². The number of anilines is 1. The van der Waals surface area contributed by atoms with Gasteiger partial charge in [0.1, 0.15) is 0 Å². The zero-order chi connectivity index (χ0) is 10.8. The molecule has 1 aromatic rings. The second-order valence-corrected chi connectivity index (χ2v) is 4.99. The van der Waals surface area contributed by atoms with E-state index in [-0.39, 0.29) is 0 Å². The molecule has 2 rings (SSSR count). The van der Waals surface area contributed by atoms with Crippen LogP contribution in [0.5, 0.6) is 0 Å². The summed E-state index contributed by atoms with van der Waals surface area (Å²) in [5.41, 5.74) is 0.